The van der Waals surface area contributed by atoms with Gasteiger partial charge in [0.1, 0.15) is 5.69 Å². The lowest BCUT2D eigenvalue weighted by atomic mass is 9.76. The summed E-state index contributed by atoms with van der Waals surface area (Å²) in [7, 11) is -1.06. The van der Waals surface area contributed by atoms with Crippen molar-refractivity contribution >= 4 is 52.9 Å². The molecule has 45 heavy (non-hydrogen) atoms. The molecule has 0 saturated carbocycles. The molecule has 0 bridgehead atoms. The molecule has 0 radical (unpaired) electrons. The maximum atomic E-state index is 14.5. The largest absolute Gasteiger partial charge is 0.492 e. The van der Waals surface area contributed by atoms with E-state index in [4.69, 9.17) is 32.7 Å². The van der Waals surface area contributed by atoms with Gasteiger partial charge in [-0.05, 0) is 65.8 Å². The molecule has 2 N–H and O–H groups in total. The Bertz CT molecular complexity index is 1840. The van der Waals surface area contributed by atoms with Gasteiger partial charge >= 0.3 is 13.3 Å². The van der Waals surface area contributed by atoms with Crippen molar-refractivity contribution in [3.05, 3.63) is 105 Å². The Balaban J connectivity index is 1.25. The third kappa shape index (κ3) is 5.08. The van der Waals surface area contributed by atoms with Crippen LogP contribution in [0.25, 0.3) is 5.52 Å². The Hall–Kier alpha value is -3.58. The number of carbonyl (C=O) groups excluding carboxylic acids is 1. The SMILES string of the molecule is CCC1(CC)OB(O)c2cc(CNC(=O)c3ccc(C4=NOC(c5cc(Cl)c(F)c(Cl)c5)(C(F)(F)F)C4)c4cccn34)ccc21. The van der Waals surface area contributed by atoms with Crippen LogP contribution < -0.4 is 10.8 Å². The number of pyridine rings is 1. The standard InChI is InChI=1S/C31H26BCl2F4N3O4/c1-3-29(4-2)20-9-7-17(12-21(20)32(43)44-29)16-39-28(42)26-10-8-19(25-6-5-11-41(25)26)24-15-30(45-40-24,31(36,37)38)18-13-22(33)27(35)23(34)14-18/h5-14,43H,3-4,15-16H2,1-2H3,(H,39,42). The molecule has 4 heterocycles. The van der Waals surface area contributed by atoms with Crippen molar-refractivity contribution in [1.82, 2.24) is 9.72 Å². The lowest BCUT2D eigenvalue weighted by molar-refractivity contribution is -0.275. The van der Waals surface area contributed by atoms with Gasteiger partial charge < -0.3 is 24.2 Å². The molecule has 0 aliphatic carbocycles. The second kappa shape index (κ2) is 11.3. The Morgan fingerprint density at radius 1 is 1.11 bits per heavy atom. The summed E-state index contributed by atoms with van der Waals surface area (Å²) in [5.74, 6) is -1.47. The van der Waals surface area contributed by atoms with Gasteiger partial charge in [0.15, 0.2) is 5.82 Å². The van der Waals surface area contributed by atoms with Gasteiger partial charge in [0.2, 0.25) is 0 Å². The number of nitrogens with zero attached hydrogens (tertiary/aromatic N) is 2. The van der Waals surface area contributed by atoms with Crippen molar-refractivity contribution in [2.75, 3.05) is 0 Å². The number of halogens is 6. The first-order valence-corrected chi connectivity index (χ1v) is 14.9. The Morgan fingerprint density at radius 3 is 2.49 bits per heavy atom. The van der Waals surface area contributed by atoms with Crippen LogP contribution in [-0.4, -0.2) is 34.3 Å². The van der Waals surface area contributed by atoms with E-state index in [1.807, 2.05) is 32.0 Å². The highest BCUT2D eigenvalue weighted by molar-refractivity contribution is 6.62. The number of hydrogen-bond donors (Lipinski definition) is 2. The van der Waals surface area contributed by atoms with Crippen molar-refractivity contribution in [2.45, 2.75) is 57.0 Å². The van der Waals surface area contributed by atoms with E-state index >= 15 is 0 Å². The predicted octanol–water partition coefficient (Wildman–Crippen LogP) is 6.63. The van der Waals surface area contributed by atoms with Gasteiger partial charge in [0, 0.05) is 23.9 Å². The summed E-state index contributed by atoms with van der Waals surface area (Å²) in [6.45, 7) is 4.17. The Morgan fingerprint density at radius 2 is 1.82 bits per heavy atom. The molecule has 0 saturated heterocycles. The average Bonchev–Trinajstić information content (AvgIpc) is 3.75. The molecule has 1 amide bonds. The fourth-order valence-corrected chi connectivity index (χ4v) is 6.64. The molecule has 6 rings (SSSR count). The van der Waals surface area contributed by atoms with E-state index in [1.54, 1.807) is 22.7 Å². The van der Waals surface area contributed by atoms with Crippen molar-refractivity contribution in [3.63, 3.8) is 0 Å². The molecule has 2 aromatic heterocycles. The number of alkyl halides is 3. The van der Waals surface area contributed by atoms with Crippen LogP contribution in [-0.2, 0) is 27.2 Å². The highest BCUT2D eigenvalue weighted by Crippen LogP contribution is 2.50. The molecule has 1 atom stereocenters. The fourth-order valence-electron chi connectivity index (χ4n) is 6.16. The van der Waals surface area contributed by atoms with Gasteiger partial charge in [-0.25, -0.2) is 4.39 Å². The summed E-state index contributed by atoms with van der Waals surface area (Å²) in [6, 6.07) is 13.5. The molecule has 0 fully saturated rings. The monoisotopic (exact) mass is 661 g/mol. The fraction of sp³-hybridized carbons (Fsp3) is 0.290. The first kappa shape index (κ1) is 31.4. The van der Waals surface area contributed by atoms with Crippen LogP contribution >= 0.6 is 23.2 Å². The molecular weight excluding hydrogens is 636 g/mol. The van der Waals surface area contributed by atoms with Crippen LogP contribution in [0.3, 0.4) is 0 Å². The van der Waals surface area contributed by atoms with Crippen LogP contribution in [0, 0.1) is 5.82 Å². The summed E-state index contributed by atoms with van der Waals surface area (Å²) in [5.41, 5.74) is -0.704. The lowest BCUT2D eigenvalue weighted by Gasteiger charge is -2.29. The summed E-state index contributed by atoms with van der Waals surface area (Å²) < 4.78 is 65.0. The van der Waals surface area contributed by atoms with Crippen molar-refractivity contribution in [1.29, 1.82) is 0 Å². The maximum Gasteiger partial charge on any atom is 0.492 e. The van der Waals surface area contributed by atoms with Crippen molar-refractivity contribution in [3.8, 4) is 0 Å². The van der Waals surface area contributed by atoms with E-state index in [2.05, 4.69) is 10.5 Å². The Labute approximate surface area is 265 Å². The first-order chi connectivity index (χ1) is 21.3. The predicted molar refractivity (Wildman–Crippen MR) is 162 cm³/mol. The van der Waals surface area contributed by atoms with E-state index in [1.165, 1.54) is 12.1 Å². The number of hydrogen-bond acceptors (Lipinski definition) is 5. The van der Waals surface area contributed by atoms with Crippen LogP contribution in [0.15, 0.2) is 65.9 Å². The van der Waals surface area contributed by atoms with Gasteiger partial charge in [0.25, 0.3) is 11.5 Å². The highest BCUT2D eigenvalue weighted by Gasteiger charge is 2.62. The number of carbonyl (C=O) groups is 1. The van der Waals surface area contributed by atoms with E-state index in [0.717, 1.165) is 23.3 Å². The highest BCUT2D eigenvalue weighted by atomic mass is 35.5. The third-order valence-corrected chi connectivity index (χ3v) is 9.23. The van der Waals surface area contributed by atoms with E-state index in [0.29, 0.717) is 29.4 Å². The molecule has 2 aliphatic heterocycles. The number of benzene rings is 2. The van der Waals surface area contributed by atoms with Crippen molar-refractivity contribution < 1.29 is 36.9 Å². The van der Waals surface area contributed by atoms with Crippen molar-refractivity contribution in [2.24, 2.45) is 5.16 Å². The number of fused-ring (bicyclic) bond motifs is 2. The molecular formula is C31H26BCl2F4N3O4. The molecule has 4 aromatic rings. The summed E-state index contributed by atoms with van der Waals surface area (Å²) in [6.07, 6.45) is -2.69. The number of rotatable bonds is 7. The van der Waals surface area contributed by atoms with E-state index in [9.17, 15) is 27.4 Å². The third-order valence-electron chi connectivity index (χ3n) is 8.68. The molecule has 1 unspecified atom stereocenters. The van der Waals surface area contributed by atoms with Gasteiger partial charge in [-0.3, -0.25) is 4.79 Å². The summed E-state index contributed by atoms with van der Waals surface area (Å²) in [4.78, 5) is 18.4. The van der Waals surface area contributed by atoms with Gasteiger partial charge in [-0.15, -0.1) is 0 Å². The molecule has 2 aliphatic rings. The van der Waals surface area contributed by atoms with Gasteiger partial charge in [-0.2, -0.15) is 13.2 Å². The van der Waals surface area contributed by atoms with Gasteiger partial charge in [0.05, 0.1) is 33.3 Å². The number of nitrogens with one attached hydrogen (secondary N) is 1. The zero-order valence-corrected chi connectivity index (χ0v) is 25.5. The Kier molecular flexibility index (Phi) is 7.92. The second-order valence-electron chi connectivity index (χ2n) is 11.1. The zero-order chi connectivity index (χ0) is 32.3. The summed E-state index contributed by atoms with van der Waals surface area (Å²) in [5, 5.41) is 16.0. The van der Waals surface area contributed by atoms with Crippen LogP contribution in [0.5, 0.6) is 0 Å². The quantitative estimate of drug-likeness (QED) is 0.132. The van der Waals surface area contributed by atoms with E-state index in [-0.39, 0.29) is 18.0 Å². The van der Waals surface area contributed by atoms with E-state index < -0.39 is 58.3 Å². The van der Waals surface area contributed by atoms with Crippen LogP contribution in [0.2, 0.25) is 10.0 Å². The molecule has 7 nitrogen and oxygen atoms in total. The summed E-state index contributed by atoms with van der Waals surface area (Å²) >= 11 is 11.6. The minimum absolute atomic E-state index is 0.0336. The number of aromatic nitrogens is 1. The topological polar surface area (TPSA) is 84.6 Å². The van der Waals surface area contributed by atoms with Crippen LogP contribution in [0.4, 0.5) is 17.6 Å². The number of amides is 1. The zero-order valence-electron chi connectivity index (χ0n) is 24.0. The van der Waals surface area contributed by atoms with Crippen LogP contribution in [0.1, 0.15) is 65.9 Å². The first-order valence-electron chi connectivity index (χ1n) is 14.2. The molecule has 234 valence electrons. The lowest BCUT2D eigenvalue weighted by Crippen LogP contribution is -2.42. The maximum absolute atomic E-state index is 14.5. The molecule has 2 aromatic carbocycles. The minimum atomic E-state index is -4.96. The molecule has 0 spiro atoms. The smallest absolute Gasteiger partial charge is 0.423 e. The number of oxime groups is 1. The van der Waals surface area contributed by atoms with Gasteiger partial charge in [-0.1, -0.05) is 60.4 Å². The minimum Gasteiger partial charge on any atom is -0.423 e. The normalized spacial score (nSPS) is 19.0. The second-order valence-corrected chi connectivity index (χ2v) is 11.9. The average molecular weight is 662 g/mol. The molecule has 14 heteroatoms.